The monoisotopic (exact) mass is 516 g/mol. The van der Waals surface area contributed by atoms with Crippen molar-refractivity contribution in [2.75, 3.05) is 24.7 Å². The second kappa shape index (κ2) is 9.01. The number of benzene rings is 1. The summed E-state index contributed by atoms with van der Waals surface area (Å²) in [5.41, 5.74) is -0.256. The van der Waals surface area contributed by atoms with E-state index < -0.39 is 20.7 Å². The summed E-state index contributed by atoms with van der Waals surface area (Å²) in [5.74, 6) is -0.457. The zero-order valence-electron chi connectivity index (χ0n) is 19.1. The standard InChI is InChI=1S/C20H26ClN5O5S2/c1-11-7-10-14(32-11)17(20(2,3)4)23-19-18(24-31-26(19)28)22-13-9-8-12(21)16(15(13)27)33(29,30)25(5)6/h7-10,17,23H,1-6H3,(H2-,22,24,27,28)/p+1/t17-/m0/s1. The molecule has 3 rings (SSSR count). The minimum atomic E-state index is -4.03. The molecule has 0 unspecified atom stereocenters. The summed E-state index contributed by atoms with van der Waals surface area (Å²) in [6, 6.07) is 6.50. The molecule has 33 heavy (non-hydrogen) atoms. The fourth-order valence-electron chi connectivity index (χ4n) is 3.15. The molecule has 0 fully saturated rings. The van der Waals surface area contributed by atoms with Crippen LogP contribution in [0.4, 0.5) is 17.3 Å². The third-order valence-electron chi connectivity index (χ3n) is 4.92. The summed E-state index contributed by atoms with van der Waals surface area (Å²) in [6.07, 6.45) is 0. The van der Waals surface area contributed by atoms with Crippen molar-refractivity contribution < 1.29 is 22.8 Å². The van der Waals surface area contributed by atoms with Crippen LogP contribution in [0.15, 0.2) is 33.8 Å². The highest BCUT2D eigenvalue weighted by Gasteiger charge is 2.35. The lowest BCUT2D eigenvalue weighted by Gasteiger charge is -2.27. The van der Waals surface area contributed by atoms with Gasteiger partial charge in [0.15, 0.2) is 10.3 Å². The fourth-order valence-corrected chi connectivity index (χ4v) is 5.80. The predicted molar refractivity (Wildman–Crippen MR) is 129 cm³/mol. The van der Waals surface area contributed by atoms with Crippen LogP contribution in [0.2, 0.25) is 5.02 Å². The minimum Gasteiger partial charge on any atom is -0.504 e. The van der Waals surface area contributed by atoms with E-state index >= 15 is 0 Å². The lowest BCUT2D eigenvalue weighted by atomic mass is 9.86. The number of H-pyrrole nitrogens is 1. The van der Waals surface area contributed by atoms with Crippen molar-refractivity contribution >= 4 is 50.3 Å². The highest BCUT2D eigenvalue weighted by Crippen LogP contribution is 2.42. The van der Waals surface area contributed by atoms with Gasteiger partial charge in [0, 0.05) is 29.3 Å². The van der Waals surface area contributed by atoms with Crippen molar-refractivity contribution in [3.8, 4) is 5.75 Å². The van der Waals surface area contributed by atoms with Crippen LogP contribution < -0.4 is 15.2 Å². The zero-order chi connectivity index (χ0) is 24.7. The Bertz CT molecular complexity index is 1320. The van der Waals surface area contributed by atoms with Gasteiger partial charge >= 0.3 is 5.82 Å². The molecule has 0 bridgehead atoms. The lowest BCUT2D eigenvalue weighted by Crippen LogP contribution is -2.29. The first kappa shape index (κ1) is 25.1. The Balaban J connectivity index is 2.03. The summed E-state index contributed by atoms with van der Waals surface area (Å²) in [6.45, 7) is 8.11. The van der Waals surface area contributed by atoms with Gasteiger partial charge < -0.3 is 10.4 Å². The maximum atomic E-state index is 12.6. The first-order valence-electron chi connectivity index (χ1n) is 9.92. The van der Waals surface area contributed by atoms with E-state index in [0.29, 0.717) is 0 Å². The number of halogens is 1. The smallest absolute Gasteiger partial charge is 0.367 e. The van der Waals surface area contributed by atoms with Gasteiger partial charge in [0.25, 0.3) is 5.82 Å². The summed E-state index contributed by atoms with van der Waals surface area (Å²) >= 11 is 7.68. The molecular formula is C20H27ClN5O5S2+. The fraction of sp³-hybridized carbons (Fsp3) is 0.400. The van der Waals surface area contributed by atoms with E-state index in [1.807, 2.05) is 39.8 Å². The highest BCUT2D eigenvalue weighted by molar-refractivity contribution is 7.89. The Morgan fingerprint density at radius 1 is 1.24 bits per heavy atom. The number of aromatic amines is 1. The average Bonchev–Trinajstić information content (AvgIpc) is 3.26. The number of thiophene rings is 1. The van der Waals surface area contributed by atoms with E-state index in [1.165, 1.54) is 26.2 Å². The maximum absolute atomic E-state index is 12.6. The van der Waals surface area contributed by atoms with Crippen molar-refractivity contribution in [1.82, 2.24) is 9.46 Å². The van der Waals surface area contributed by atoms with Gasteiger partial charge in [-0.25, -0.2) is 12.7 Å². The summed E-state index contributed by atoms with van der Waals surface area (Å²) in [4.78, 5) is 14.1. The molecule has 2 aromatic heterocycles. The molecular weight excluding hydrogens is 490 g/mol. The molecule has 13 heteroatoms. The van der Waals surface area contributed by atoms with Gasteiger partial charge in [0.2, 0.25) is 10.0 Å². The molecule has 3 aromatic rings. The SMILES string of the molecule is Cc1ccc([C@H](Nc2c(Nc3ccc(Cl)c(S(=O)(=O)N(C)C)c3O)[nH]o[n+]2=O)C(C)(C)C)s1. The van der Waals surface area contributed by atoms with Gasteiger partial charge in [-0.1, -0.05) is 37.5 Å². The number of phenolic OH excluding ortho intramolecular Hbond substituents is 1. The van der Waals surface area contributed by atoms with Gasteiger partial charge in [0.1, 0.15) is 10.9 Å². The molecule has 1 aromatic carbocycles. The average molecular weight is 517 g/mol. The molecule has 10 nitrogen and oxygen atoms in total. The summed E-state index contributed by atoms with van der Waals surface area (Å²) < 4.78 is 31.4. The molecule has 0 radical (unpaired) electrons. The van der Waals surface area contributed by atoms with Crippen molar-refractivity contribution in [2.45, 2.75) is 38.6 Å². The van der Waals surface area contributed by atoms with E-state index in [9.17, 15) is 18.4 Å². The first-order valence-corrected chi connectivity index (χ1v) is 12.6. The minimum absolute atomic E-state index is 0.0137. The molecule has 0 amide bonds. The van der Waals surface area contributed by atoms with Crippen LogP contribution in [-0.4, -0.2) is 37.1 Å². The van der Waals surface area contributed by atoms with Crippen LogP contribution in [0.5, 0.6) is 5.75 Å². The first-order chi connectivity index (χ1) is 15.2. The Morgan fingerprint density at radius 3 is 2.45 bits per heavy atom. The van der Waals surface area contributed by atoms with Gasteiger partial charge in [-0.3, -0.25) is 5.32 Å². The number of hydrogen-bond donors (Lipinski definition) is 4. The van der Waals surface area contributed by atoms with Gasteiger partial charge in [-0.15, -0.1) is 16.0 Å². The van der Waals surface area contributed by atoms with Crippen molar-refractivity contribution in [3.63, 3.8) is 0 Å². The Hall–Kier alpha value is -2.54. The van der Waals surface area contributed by atoms with E-state index in [-0.39, 0.29) is 38.4 Å². The van der Waals surface area contributed by atoms with Crippen LogP contribution in [-0.2, 0) is 10.0 Å². The number of anilines is 3. The van der Waals surface area contributed by atoms with Gasteiger partial charge in [0.05, 0.1) is 10.7 Å². The Labute approximate surface area is 200 Å². The molecule has 0 aliphatic heterocycles. The predicted octanol–water partition coefficient (Wildman–Crippen LogP) is 4.44. The largest absolute Gasteiger partial charge is 0.504 e. The van der Waals surface area contributed by atoms with Crippen LogP contribution in [0.25, 0.3) is 0 Å². The third-order valence-corrected chi connectivity index (χ3v) is 8.31. The van der Waals surface area contributed by atoms with Gasteiger partial charge in [-0.05, 0) is 36.1 Å². The molecule has 2 heterocycles. The van der Waals surface area contributed by atoms with Crippen molar-refractivity contribution in [3.05, 3.63) is 43.9 Å². The molecule has 180 valence electrons. The normalized spacial score (nSPS) is 13.3. The highest BCUT2D eigenvalue weighted by atomic mass is 35.5. The number of aromatic hydroxyl groups is 1. The van der Waals surface area contributed by atoms with Crippen LogP contribution >= 0.6 is 22.9 Å². The molecule has 0 saturated carbocycles. The van der Waals surface area contributed by atoms with E-state index in [0.717, 1.165) is 14.1 Å². The molecule has 4 N–H and O–H groups in total. The quantitative estimate of drug-likeness (QED) is 0.341. The lowest BCUT2D eigenvalue weighted by molar-refractivity contribution is -0.701. The van der Waals surface area contributed by atoms with E-state index in [4.69, 9.17) is 16.2 Å². The number of nitrogens with one attached hydrogen (secondary N) is 3. The second-order valence-electron chi connectivity index (χ2n) is 8.75. The van der Waals surface area contributed by atoms with E-state index in [1.54, 1.807) is 11.3 Å². The molecule has 0 aliphatic rings. The third kappa shape index (κ3) is 5.03. The summed E-state index contributed by atoms with van der Waals surface area (Å²) in [5, 5.41) is 19.1. The number of hydrogen-bond acceptors (Lipinski definition) is 8. The number of phenols is 1. The van der Waals surface area contributed by atoms with Crippen molar-refractivity contribution in [2.24, 2.45) is 5.41 Å². The molecule has 0 spiro atoms. The van der Waals surface area contributed by atoms with Crippen LogP contribution in [0, 0.1) is 17.2 Å². The van der Waals surface area contributed by atoms with Crippen molar-refractivity contribution in [1.29, 1.82) is 0 Å². The topological polar surface area (TPSA) is 134 Å². The number of sulfonamides is 1. The second-order valence-corrected chi connectivity index (χ2v) is 12.6. The van der Waals surface area contributed by atoms with E-state index in [2.05, 4.69) is 15.8 Å². The molecule has 0 saturated heterocycles. The number of nitrogens with zero attached hydrogens (tertiary/aromatic N) is 2. The Kier molecular flexibility index (Phi) is 6.85. The number of aromatic nitrogens is 2. The van der Waals surface area contributed by atoms with Gasteiger partial charge in [-0.2, -0.15) is 0 Å². The zero-order valence-corrected chi connectivity index (χ0v) is 21.4. The molecule has 1 atom stereocenters. The van der Waals surface area contributed by atoms with Crippen LogP contribution in [0.3, 0.4) is 0 Å². The Morgan fingerprint density at radius 2 is 1.91 bits per heavy atom. The maximum Gasteiger partial charge on any atom is 0.367 e. The number of aryl methyl sites for hydroxylation is 1. The summed E-state index contributed by atoms with van der Waals surface area (Å²) in [7, 11) is -1.37. The molecule has 0 aliphatic carbocycles. The number of rotatable bonds is 7. The van der Waals surface area contributed by atoms with Crippen LogP contribution in [0.1, 0.15) is 36.6 Å².